The molecule has 20 heavy (non-hydrogen) atoms. The third kappa shape index (κ3) is 5.70. The van der Waals surface area contributed by atoms with Gasteiger partial charge in [0.1, 0.15) is 4.60 Å². The quantitative estimate of drug-likeness (QED) is 0.636. The Bertz CT molecular complexity index is 423. The van der Waals surface area contributed by atoms with Crippen LogP contribution in [0.15, 0.2) is 35.1 Å². The normalized spacial score (nSPS) is 16.7. The highest BCUT2D eigenvalue weighted by molar-refractivity contribution is 9.10. The molecule has 1 N–H and O–H groups in total. The predicted molar refractivity (Wildman–Crippen MR) is 93.0 cm³/mol. The number of piperazine rings is 1. The Morgan fingerprint density at radius 1 is 1.45 bits per heavy atom. The van der Waals surface area contributed by atoms with Crippen LogP contribution in [0.2, 0.25) is 0 Å². The number of pyridine rings is 1. The molecule has 0 bridgehead atoms. The van der Waals surface area contributed by atoms with Crippen LogP contribution in [0.5, 0.6) is 0 Å². The van der Waals surface area contributed by atoms with E-state index in [9.17, 15) is 0 Å². The molecule has 3 nitrogen and oxygen atoms in total. The Hall–Kier alpha value is -0.130. The number of nitrogens with zero attached hydrogens (tertiary/aromatic N) is 2. The average molecular weight is 383 g/mol. The molecular weight excluding hydrogens is 361 g/mol. The van der Waals surface area contributed by atoms with Gasteiger partial charge in [-0.25, -0.2) is 4.98 Å². The Labute approximate surface area is 142 Å². The Kier molecular flexibility index (Phi) is 9.68. The van der Waals surface area contributed by atoms with Crippen LogP contribution in [0.25, 0.3) is 0 Å². The van der Waals surface area contributed by atoms with Crippen LogP contribution in [-0.2, 0) is 0 Å². The van der Waals surface area contributed by atoms with Crippen molar-refractivity contribution in [2.75, 3.05) is 26.2 Å². The second-order valence-corrected chi connectivity index (χ2v) is 5.69. The topological polar surface area (TPSA) is 28.2 Å². The van der Waals surface area contributed by atoms with Gasteiger partial charge >= 0.3 is 0 Å². The molecule has 0 aromatic carbocycles. The lowest BCUT2D eigenvalue weighted by Gasteiger charge is -2.35. The molecule has 1 aromatic rings. The first-order valence-corrected chi connectivity index (χ1v) is 7.16. The van der Waals surface area contributed by atoms with Crippen molar-refractivity contribution in [1.29, 1.82) is 0 Å². The zero-order valence-electron chi connectivity index (χ0n) is 11.6. The maximum Gasteiger partial charge on any atom is 0.106 e. The van der Waals surface area contributed by atoms with Gasteiger partial charge in [0.25, 0.3) is 0 Å². The zero-order valence-corrected chi connectivity index (χ0v) is 14.9. The fourth-order valence-electron chi connectivity index (χ4n) is 2.41. The van der Waals surface area contributed by atoms with E-state index in [4.69, 9.17) is 0 Å². The molecule has 114 valence electrons. The highest BCUT2D eigenvalue weighted by atomic mass is 79.9. The number of halogens is 3. The molecule has 6 heteroatoms. The van der Waals surface area contributed by atoms with Gasteiger partial charge in [-0.3, -0.25) is 4.90 Å². The molecule has 1 aliphatic rings. The third-order valence-electron chi connectivity index (χ3n) is 3.27. The van der Waals surface area contributed by atoms with E-state index >= 15 is 0 Å². The minimum atomic E-state index is 0. The first-order valence-electron chi connectivity index (χ1n) is 6.37. The molecule has 1 fully saturated rings. The largest absolute Gasteiger partial charge is 0.314 e. The van der Waals surface area contributed by atoms with Gasteiger partial charge in [0.15, 0.2) is 0 Å². The summed E-state index contributed by atoms with van der Waals surface area (Å²) in [5.74, 6) is 0. The molecule has 1 saturated heterocycles. The molecule has 0 spiro atoms. The van der Waals surface area contributed by atoms with Crippen LogP contribution in [-0.4, -0.2) is 36.1 Å². The van der Waals surface area contributed by atoms with E-state index < -0.39 is 0 Å². The number of hydrogen-bond acceptors (Lipinski definition) is 3. The van der Waals surface area contributed by atoms with Crippen LogP contribution < -0.4 is 5.32 Å². The van der Waals surface area contributed by atoms with Crippen molar-refractivity contribution in [2.45, 2.75) is 19.4 Å². The van der Waals surface area contributed by atoms with Crippen LogP contribution in [0.4, 0.5) is 0 Å². The van der Waals surface area contributed by atoms with Crippen molar-refractivity contribution >= 4 is 40.7 Å². The van der Waals surface area contributed by atoms with Gasteiger partial charge in [0.2, 0.25) is 0 Å². The molecule has 0 saturated carbocycles. The number of hydrogen-bond donors (Lipinski definition) is 1. The summed E-state index contributed by atoms with van der Waals surface area (Å²) >= 11 is 3.46. The predicted octanol–water partition coefficient (Wildman–Crippen LogP) is 3.60. The van der Waals surface area contributed by atoms with E-state index in [0.717, 1.165) is 37.2 Å². The van der Waals surface area contributed by atoms with Crippen molar-refractivity contribution in [1.82, 2.24) is 15.2 Å². The monoisotopic (exact) mass is 381 g/mol. The zero-order chi connectivity index (χ0) is 13.0. The lowest BCUT2D eigenvalue weighted by molar-refractivity contribution is 0.172. The number of nitrogens with one attached hydrogen (secondary N) is 1. The summed E-state index contributed by atoms with van der Waals surface area (Å²) in [5, 5.41) is 3.40. The fraction of sp³-hybridized carbons (Fsp3) is 0.500. The summed E-state index contributed by atoms with van der Waals surface area (Å²) in [7, 11) is 0. The maximum absolute atomic E-state index is 4.21. The molecule has 2 heterocycles. The molecule has 0 radical (unpaired) electrons. The summed E-state index contributed by atoms with van der Waals surface area (Å²) in [6, 6.07) is 4.65. The van der Waals surface area contributed by atoms with Gasteiger partial charge in [0, 0.05) is 38.4 Å². The van der Waals surface area contributed by atoms with E-state index in [1.807, 2.05) is 6.20 Å². The smallest absolute Gasteiger partial charge is 0.106 e. The lowest BCUT2D eigenvalue weighted by atomic mass is 9.99. The maximum atomic E-state index is 4.21. The Morgan fingerprint density at radius 3 is 2.65 bits per heavy atom. The van der Waals surface area contributed by atoms with Crippen molar-refractivity contribution in [3.8, 4) is 0 Å². The SMILES string of the molecule is C=C(C)C[C@@H](c1ccnc(Br)c1)N1CCNCC1.Cl.Cl. The lowest BCUT2D eigenvalue weighted by Crippen LogP contribution is -2.45. The number of rotatable bonds is 4. The Balaban J connectivity index is 0.00000180. The van der Waals surface area contributed by atoms with E-state index in [-0.39, 0.29) is 24.8 Å². The standard InChI is InChI=1S/C14H20BrN3.2ClH/c1-11(2)9-13(18-7-5-16-6-8-18)12-3-4-17-14(15)10-12;;/h3-4,10,13,16H,1,5-9H2,2H3;2*1H/t13-;;/m0../s1. The summed E-state index contributed by atoms with van der Waals surface area (Å²) in [6.07, 6.45) is 2.88. The first kappa shape index (κ1) is 19.9. The second-order valence-electron chi connectivity index (χ2n) is 4.87. The minimum Gasteiger partial charge on any atom is -0.314 e. The fourth-order valence-corrected chi connectivity index (χ4v) is 2.79. The van der Waals surface area contributed by atoms with Crippen LogP contribution in [0.3, 0.4) is 0 Å². The molecule has 0 aliphatic carbocycles. The molecule has 1 aliphatic heterocycles. The van der Waals surface area contributed by atoms with Gasteiger partial charge in [-0.2, -0.15) is 0 Å². The third-order valence-corrected chi connectivity index (χ3v) is 3.70. The van der Waals surface area contributed by atoms with Crippen molar-refractivity contribution < 1.29 is 0 Å². The summed E-state index contributed by atoms with van der Waals surface area (Å²) in [6.45, 7) is 10.5. The van der Waals surface area contributed by atoms with E-state index in [1.54, 1.807) is 0 Å². The summed E-state index contributed by atoms with van der Waals surface area (Å²) < 4.78 is 0.904. The molecule has 1 atom stereocenters. The van der Waals surface area contributed by atoms with Crippen molar-refractivity contribution in [3.05, 3.63) is 40.6 Å². The highest BCUT2D eigenvalue weighted by Gasteiger charge is 2.22. The first-order chi connectivity index (χ1) is 8.66. The van der Waals surface area contributed by atoms with E-state index in [2.05, 4.69) is 56.8 Å². The number of aromatic nitrogens is 1. The van der Waals surface area contributed by atoms with Gasteiger partial charge in [-0.15, -0.1) is 31.4 Å². The van der Waals surface area contributed by atoms with Gasteiger partial charge in [-0.1, -0.05) is 5.57 Å². The molecule has 0 unspecified atom stereocenters. The van der Waals surface area contributed by atoms with Gasteiger partial charge in [0.05, 0.1) is 0 Å². The van der Waals surface area contributed by atoms with Crippen molar-refractivity contribution in [2.24, 2.45) is 0 Å². The van der Waals surface area contributed by atoms with Gasteiger partial charge in [-0.05, 0) is 47.0 Å². The van der Waals surface area contributed by atoms with Crippen LogP contribution in [0, 0.1) is 0 Å². The molecule has 0 amide bonds. The molecular formula is C14H22BrCl2N3. The van der Waals surface area contributed by atoms with E-state index in [0.29, 0.717) is 6.04 Å². The highest BCUT2D eigenvalue weighted by Crippen LogP contribution is 2.28. The van der Waals surface area contributed by atoms with Crippen LogP contribution in [0.1, 0.15) is 24.9 Å². The Morgan fingerprint density at radius 2 is 2.10 bits per heavy atom. The minimum absolute atomic E-state index is 0. The average Bonchev–Trinajstić information content (AvgIpc) is 2.37. The van der Waals surface area contributed by atoms with Crippen molar-refractivity contribution in [3.63, 3.8) is 0 Å². The molecule has 1 aromatic heterocycles. The summed E-state index contributed by atoms with van der Waals surface area (Å²) in [4.78, 5) is 6.74. The second kappa shape index (κ2) is 9.74. The van der Waals surface area contributed by atoms with Crippen LogP contribution >= 0.6 is 40.7 Å². The van der Waals surface area contributed by atoms with E-state index in [1.165, 1.54) is 11.1 Å². The molecule has 2 rings (SSSR count). The van der Waals surface area contributed by atoms with Gasteiger partial charge < -0.3 is 5.32 Å². The summed E-state index contributed by atoms with van der Waals surface area (Å²) in [5.41, 5.74) is 2.55.